The lowest BCUT2D eigenvalue weighted by atomic mass is 10.0. The first-order valence-electron chi connectivity index (χ1n) is 11.1. The van der Waals surface area contributed by atoms with Crippen molar-refractivity contribution in [2.24, 2.45) is 0 Å². The highest BCUT2D eigenvalue weighted by atomic mass is 16.3. The number of nitrogens with one attached hydrogen (secondary N) is 1. The molecule has 0 aliphatic carbocycles. The molecular weight excluding hydrogens is 310 g/mol. The van der Waals surface area contributed by atoms with E-state index in [4.69, 9.17) is 0 Å². The highest BCUT2D eigenvalue weighted by Gasteiger charge is 2.17. The smallest absolute Gasteiger partial charge is 0.149 e. The van der Waals surface area contributed by atoms with Crippen LogP contribution in [0.2, 0.25) is 0 Å². The van der Waals surface area contributed by atoms with Gasteiger partial charge in [-0.1, -0.05) is 97.8 Å². The summed E-state index contributed by atoms with van der Waals surface area (Å²) < 4.78 is 0. The number of aliphatic hydroxyl groups excluding tert-OH is 1. The molecule has 0 saturated heterocycles. The number of aliphatic hydroxyl groups is 1. The topological polar surface area (TPSA) is 49.3 Å². The number of rotatable bonds is 19. The molecule has 150 valence electrons. The fourth-order valence-electron chi connectivity index (χ4n) is 3.28. The largest absolute Gasteiger partial charge is 0.379 e. The van der Waals surface area contributed by atoms with Crippen LogP contribution in [0.5, 0.6) is 0 Å². The SMILES string of the molecule is CCCCCCCCCCCCCCCC(=O)C(CC)NC(O)CC. The molecule has 0 saturated carbocycles. The predicted molar refractivity (Wildman–Crippen MR) is 109 cm³/mol. The molecule has 0 aromatic rings. The van der Waals surface area contributed by atoms with Crippen molar-refractivity contribution in [2.75, 3.05) is 0 Å². The summed E-state index contributed by atoms with van der Waals surface area (Å²) in [6.07, 6.45) is 18.8. The molecule has 2 atom stereocenters. The van der Waals surface area contributed by atoms with E-state index in [1.54, 1.807) is 0 Å². The maximum atomic E-state index is 12.2. The summed E-state index contributed by atoms with van der Waals surface area (Å²) in [6.45, 7) is 6.19. The Labute approximate surface area is 157 Å². The van der Waals surface area contributed by atoms with Crippen molar-refractivity contribution < 1.29 is 9.90 Å². The maximum absolute atomic E-state index is 12.2. The summed E-state index contributed by atoms with van der Waals surface area (Å²) in [7, 11) is 0. The third-order valence-electron chi connectivity index (χ3n) is 5.10. The van der Waals surface area contributed by atoms with Crippen LogP contribution in [0, 0.1) is 0 Å². The zero-order chi connectivity index (χ0) is 18.8. The molecule has 3 heteroatoms. The van der Waals surface area contributed by atoms with Gasteiger partial charge in [-0.15, -0.1) is 0 Å². The van der Waals surface area contributed by atoms with Gasteiger partial charge in [-0.25, -0.2) is 0 Å². The van der Waals surface area contributed by atoms with Crippen molar-refractivity contribution >= 4 is 5.78 Å². The Morgan fingerprint density at radius 2 is 1.16 bits per heavy atom. The van der Waals surface area contributed by atoms with Gasteiger partial charge in [0.05, 0.1) is 6.04 Å². The molecule has 0 aliphatic rings. The Morgan fingerprint density at radius 3 is 1.56 bits per heavy atom. The zero-order valence-electron chi connectivity index (χ0n) is 17.3. The average molecular weight is 356 g/mol. The quantitative estimate of drug-likeness (QED) is 0.216. The van der Waals surface area contributed by atoms with E-state index in [1.165, 1.54) is 70.6 Å². The molecular formula is C22H45NO2. The summed E-state index contributed by atoms with van der Waals surface area (Å²) in [4.78, 5) is 12.2. The molecule has 0 aliphatic heterocycles. The fourth-order valence-corrected chi connectivity index (χ4v) is 3.28. The van der Waals surface area contributed by atoms with Crippen molar-refractivity contribution in [3.63, 3.8) is 0 Å². The molecule has 0 spiro atoms. The Kier molecular flexibility index (Phi) is 18.1. The van der Waals surface area contributed by atoms with Crippen LogP contribution >= 0.6 is 0 Å². The third-order valence-corrected chi connectivity index (χ3v) is 5.10. The molecule has 0 bridgehead atoms. The average Bonchev–Trinajstić information content (AvgIpc) is 2.63. The summed E-state index contributed by atoms with van der Waals surface area (Å²) >= 11 is 0. The van der Waals surface area contributed by atoms with Crippen LogP contribution in [-0.2, 0) is 4.79 Å². The normalized spacial score (nSPS) is 13.8. The molecule has 0 heterocycles. The van der Waals surface area contributed by atoms with E-state index in [0.29, 0.717) is 12.8 Å². The van der Waals surface area contributed by atoms with E-state index in [-0.39, 0.29) is 11.8 Å². The van der Waals surface area contributed by atoms with Gasteiger partial charge in [0.1, 0.15) is 12.0 Å². The van der Waals surface area contributed by atoms with Gasteiger partial charge in [-0.2, -0.15) is 0 Å². The number of hydrogen-bond donors (Lipinski definition) is 2. The number of carbonyl (C=O) groups excluding carboxylic acids is 1. The Morgan fingerprint density at radius 1 is 0.720 bits per heavy atom. The molecule has 25 heavy (non-hydrogen) atoms. The van der Waals surface area contributed by atoms with E-state index >= 15 is 0 Å². The van der Waals surface area contributed by atoms with Gasteiger partial charge >= 0.3 is 0 Å². The van der Waals surface area contributed by atoms with Gasteiger partial charge in [0.2, 0.25) is 0 Å². The van der Waals surface area contributed by atoms with E-state index in [1.807, 2.05) is 13.8 Å². The highest BCUT2D eigenvalue weighted by molar-refractivity contribution is 5.83. The molecule has 0 radical (unpaired) electrons. The minimum Gasteiger partial charge on any atom is -0.379 e. The van der Waals surface area contributed by atoms with Crippen molar-refractivity contribution in [3.05, 3.63) is 0 Å². The summed E-state index contributed by atoms with van der Waals surface area (Å²) in [6, 6.07) is -0.174. The lowest BCUT2D eigenvalue weighted by Crippen LogP contribution is -2.42. The second kappa shape index (κ2) is 18.4. The van der Waals surface area contributed by atoms with E-state index in [9.17, 15) is 9.90 Å². The molecule has 0 fully saturated rings. The Bertz CT molecular complexity index is 294. The molecule has 0 aromatic heterocycles. The number of ketones is 1. The van der Waals surface area contributed by atoms with Crippen molar-refractivity contribution in [3.8, 4) is 0 Å². The van der Waals surface area contributed by atoms with Gasteiger partial charge in [0.25, 0.3) is 0 Å². The Balaban J connectivity index is 3.41. The van der Waals surface area contributed by atoms with Gasteiger partial charge in [-0.05, 0) is 19.3 Å². The van der Waals surface area contributed by atoms with E-state index < -0.39 is 6.23 Å². The molecule has 0 rings (SSSR count). The van der Waals surface area contributed by atoms with Crippen LogP contribution in [0.3, 0.4) is 0 Å². The molecule has 2 unspecified atom stereocenters. The zero-order valence-corrected chi connectivity index (χ0v) is 17.3. The monoisotopic (exact) mass is 355 g/mol. The van der Waals surface area contributed by atoms with Crippen LogP contribution in [0.1, 0.15) is 124 Å². The van der Waals surface area contributed by atoms with E-state index in [0.717, 1.165) is 19.3 Å². The number of unbranched alkanes of at least 4 members (excludes halogenated alkanes) is 12. The first-order chi connectivity index (χ1) is 12.2. The number of hydrogen-bond acceptors (Lipinski definition) is 3. The lowest BCUT2D eigenvalue weighted by Gasteiger charge is -2.19. The molecule has 0 aromatic carbocycles. The predicted octanol–water partition coefficient (Wildman–Crippen LogP) is 6.13. The first kappa shape index (κ1) is 24.6. The van der Waals surface area contributed by atoms with Gasteiger partial charge in [0, 0.05) is 6.42 Å². The highest BCUT2D eigenvalue weighted by Crippen LogP contribution is 2.13. The van der Waals surface area contributed by atoms with E-state index in [2.05, 4.69) is 12.2 Å². The van der Waals surface area contributed by atoms with Crippen LogP contribution in [0.15, 0.2) is 0 Å². The number of Topliss-reactive ketones (excluding diaryl/α,β-unsaturated/α-hetero) is 1. The fraction of sp³-hybridized carbons (Fsp3) is 0.955. The van der Waals surface area contributed by atoms with Gasteiger partial charge in [0.15, 0.2) is 0 Å². The maximum Gasteiger partial charge on any atom is 0.149 e. The molecule has 0 amide bonds. The van der Waals surface area contributed by atoms with Crippen LogP contribution in [-0.4, -0.2) is 23.2 Å². The summed E-state index contributed by atoms with van der Waals surface area (Å²) in [5.41, 5.74) is 0. The van der Waals surface area contributed by atoms with Crippen molar-refractivity contribution in [2.45, 2.75) is 136 Å². The van der Waals surface area contributed by atoms with Gasteiger partial charge in [-0.3, -0.25) is 10.1 Å². The second-order valence-electron chi connectivity index (χ2n) is 7.51. The summed E-state index contributed by atoms with van der Waals surface area (Å²) in [5.74, 6) is 0.262. The van der Waals surface area contributed by atoms with Gasteiger partial charge < -0.3 is 5.11 Å². The first-order valence-corrected chi connectivity index (χ1v) is 11.1. The van der Waals surface area contributed by atoms with Crippen molar-refractivity contribution in [1.29, 1.82) is 0 Å². The second-order valence-corrected chi connectivity index (χ2v) is 7.51. The van der Waals surface area contributed by atoms with Crippen LogP contribution < -0.4 is 5.32 Å². The van der Waals surface area contributed by atoms with Crippen molar-refractivity contribution in [1.82, 2.24) is 5.32 Å². The number of carbonyl (C=O) groups is 1. The lowest BCUT2D eigenvalue weighted by molar-refractivity contribution is -0.122. The molecule has 3 nitrogen and oxygen atoms in total. The van der Waals surface area contributed by atoms with Crippen LogP contribution in [0.4, 0.5) is 0 Å². The standard InChI is InChI=1S/C22H45NO2/c1-4-7-8-9-10-11-12-13-14-15-16-17-18-19-21(24)20(5-2)23-22(25)6-3/h20,22-23,25H,4-19H2,1-3H3. The third kappa shape index (κ3) is 15.6. The molecule has 2 N–H and O–H groups in total. The Hall–Kier alpha value is -0.410. The summed E-state index contributed by atoms with van der Waals surface area (Å²) in [5, 5.41) is 12.6. The minimum atomic E-state index is -0.555. The minimum absolute atomic E-state index is 0.174. The van der Waals surface area contributed by atoms with Crippen LogP contribution in [0.25, 0.3) is 0 Å².